The molecule has 0 amide bonds. The van der Waals surface area contributed by atoms with Crippen LogP contribution >= 0.6 is 0 Å². The number of hydrogen-bond acceptors (Lipinski definition) is 1. The largest absolute Gasteiger partial charge is 1.00 e. The highest BCUT2D eigenvalue weighted by molar-refractivity contribution is 5.84. The predicted octanol–water partition coefficient (Wildman–Crippen LogP) is 18.5. The molecule has 1 aliphatic heterocycles. The van der Waals surface area contributed by atoms with Gasteiger partial charge in [0, 0.05) is 45.9 Å². The average Bonchev–Trinajstić information content (AvgIpc) is 3.81. The molecule has 6 aromatic rings. The number of halogens is 1. The molecule has 0 saturated carbocycles. The molecule has 0 bridgehead atoms. The maximum absolute atomic E-state index is 2.68. The van der Waals surface area contributed by atoms with Crippen LogP contribution < -0.4 is 17.3 Å². The van der Waals surface area contributed by atoms with Gasteiger partial charge >= 0.3 is 0 Å². The summed E-state index contributed by atoms with van der Waals surface area (Å²) in [6, 6.07) is 40.1. The number of hydrogen-bond donors (Lipinski definition) is 0. The van der Waals surface area contributed by atoms with Gasteiger partial charge in [-0.15, -0.1) is 0 Å². The maximum atomic E-state index is 2.68. The zero-order chi connectivity index (χ0) is 59.9. The molecule has 0 N–H and O–H groups in total. The van der Waals surface area contributed by atoms with Crippen LogP contribution in [0, 0.1) is 20.8 Å². The van der Waals surface area contributed by atoms with Gasteiger partial charge in [-0.1, -0.05) is 287 Å². The fraction of sp³-hybridized carbons (Fsp3) is 0.526. The zero-order valence-corrected chi connectivity index (χ0v) is 57.1. The minimum Gasteiger partial charge on any atom is -1.00 e. The van der Waals surface area contributed by atoms with E-state index >= 15 is 0 Å². The summed E-state index contributed by atoms with van der Waals surface area (Å²) in [5, 5.41) is 0. The Morgan fingerprint density at radius 1 is 0.321 bits per heavy atom. The van der Waals surface area contributed by atoms with E-state index in [0.29, 0.717) is 0 Å². The molecule has 0 spiro atoms. The van der Waals surface area contributed by atoms with Crippen LogP contribution in [0.3, 0.4) is 0 Å². The van der Waals surface area contributed by atoms with E-state index in [1.807, 2.05) is 0 Å². The molecule has 0 aliphatic carbocycles. The van der Waals surface area contributed by atoms with Gasteiger partial charge in [0.15, 0.2) is 0 Å². The number of anilines is 1. The van der Waals surface area contributed by atoms with Gasteiger partial charge in [-0.25, -0.2) is 9.48 Å². The van der Waals surface area contributed by atoms with Crippen molar-refractivity contribution in [3.8, 4) is 0 Å². The molecule has 0 saturated heterocycles. The van der Waals surface area contributed by atoms with Crippen molar-refractivity contribution in [2.45, 2.75) is 255 Å². The van der Waals surface area contributed by atoms with Gasteiger partial charge in [-0.05, 0) is 120 Å². The van der Waals surface area contributed by atoms with Crippen LogP contribution in [-0.4, -0.2) is 24.0 Å². The van der Waals surface area contributed by atoms with Crippen molar-refractivity contribution in [3.05, 3.63) is 197 Å². The van der Waals surface area contributed by atoms with Crippen LogP contribution in [0.1, 0.15) is 297 Å². The molecule has 4 atom stereocenters. The normalized spacial score (nSPS) is 15.6. The van der Waals surface area contributed by atoms with Gasteiger partial charge < -0.3 is 12.4 Å². The van der Waals surface area contributed by atoms with Crippen molar-refractivity contribution in [2.75, 3.05) is 18.0 Å². The number of benzene rings is 6. The van der Waals surface area contributed by atoms with Crippen molar-refractivity contribution in [1.82, 2.24) is 0 Å². The lowest BCUT2D eigenvalue weighted by molar-refractivity contribution is -0.425. The molecular formula is C78H109ClN2. The summed E-state index contributed by atoms with van der Waals surface area (Å²) >= 11 is 0. The molecule has 2 nitrogen and oxygen atoms in total. The summed E-state index contributed by atoms with van der Waals surface area (Å²) in [4.78, 5) is 2.68. The third-order valence-corrected chi connectivity index (χ3v) is 18.0. The first kappa shape index (κ1) is 65.2. The van der Waals surface area contributed by atoms with Crippen LogP contribution in [0.15, 0.2) is 97.1 Å². The lowest BCUT2D eigenvalue weighted by Crippen LogP contribution is -3.00. The lowest BCUT2D eigenvalue weighted by atomic mass is 9.76. The smallest absolute Gasteiger partial charge is 0.244 e. The minimum absolute atomic E-state index is 0. The first-order valence-corrected chi connectivity index (χ1v) is 30.7. The minimum atomic E-state index is 0. The van der Waals surface area contributed by atoms with E-state index in [4.69, 9.17) is 0 Å². The van der Waals surface area contributed by atoms with Crippen molar-refractivity contribution >= 4 is 17.7 Å². The van der Waals surface area contributed by atoms with Crippen molar-refractivity contribution in [3.63, 3.8) is 0 Å². The molecule has 6 aromatic carbocycles. The summed E-state index contributed by atoms with van der Waals surface area (Å²) in [5.41, 5.74) is 27.6. The Labute approximate surface area is 502 Å². The van der Waals surface area contributed by atoms with Gasteiger partial charge in [-0.3, -0.25) is 0 Å². The van der Waals surface area contributed by atoms with Crippen LogP contribution in [0.4, 0.5) is 11.4 Å². The molecule has 438 valence electrons. The van der Waals surface area contributed by atoms with Crippen LogP contribution in [-0.2, 0) is 37.9 Å². The molecule has 0 aromatic heterocycles. The van der Waals surface area contributed by atoms with Gasteiger partial charge in [0.1, 0.15) is 24.5 Å². The SMILES string of the molecule is Cc1cc(C(C)c2cc(C)cc(C(C)c3cc(C(C)(C)C)cc(C(C)(C)C)c3)c2[N+]2=CN(c3c(C(C)c4cc(C(C)(C)C)cc(C(C)(C)C)c4)cc(C)cc3[C@@H](C)c3cc(C(C)(C)C)cc(C(C)(C)C)c3)CC2)cc(C(C)(C)C)c1.[Cl-]. The van der Waals surface area contributed by atoms with E-state index in [1.54, 1.807) is 0 Å². The summed E-state index contributed by atoms with van der Waals surface area (Å²) < 4.78 is 2.68. The summed E-state index contributed by atoms with van der Waals surface area (Å²) in [5.74, 6) is 0.539. The number of rotatable bonds is 10. The van der Waals surface area contributed by atoms with Gasteiger partial charge in [0.2, 0.25) is 6.34 Å². The quantitative estimate of drug-likeness (QED) is 0.124. The summed E-state index contributed by atoms with van der Waals surface area (Å²) in [7, 11) is 0. The Hall–Kier alpha value is -4.92. The highest BCUT2D eigenvalue weighted by atomic mass is 35.5. The first-order valence-electron chi connectivity index (χ1n) is 30.7. The van der Waals surface area contributed by atoms with Crippen LogP contribution in [0.25, 0.3) is 0 Å². The fourth-order valence-electron chi connectivity index (χ4n) is 12.0. The second-order valence-electron chi connectivity index (χ2n) is 32.4. The van der Waals surface area contributed by atoms with E-state index < -0.39 is 0 Å². The second-order valence-corrected chi connectivity index (χ2v) is 32.4. The highest BCUT2D eigenvalue weighted by Crippen LogP contribution is 2.47. The van der Waals surface area contributed by atoms with Crippen molar-refractivity contribution in [1.29, 1.82) is 0 Å². The van der Waals surface area contributed by atoms with E-state index in [-0.39, 0.29) is 74.0 Å². The lowest BCUT2D eigenvalue weighted by Gasteiger charge is -2.30. The van der Waals surface area contributed by atoms with E-state index in [9.17, 15) is 0 Å². The Balaban J connectivity index is 0.0000106. The molecule has 1 aliphatic rings. The monoisotopic (exact) mass is 1110 g/mol. The van der Waals surface area contributed by atoms with Crippen molar-refractivity contribution < 1.29 is 17.0 Å². The topological polar surface area (TPSA) is 6.25 Å². The highest BCUT2D eigenvalue weighted by Gasteiger charge is 2.37. The van der Waals surface area contributed by atoms with Crippen LogP contribution in [0.2, 0.25) is 0 Å². The number of aryl methyl sites for hydroxylation is 3. The molecule has 0 radical (unpaired) electrons. The van der Waals surface area contributed by atoms with Crippen molar-refractivity contribution in [2.24, 2.45) is 0 Å². The predicted molar refractivity (Wildman–Crippen MR) is 352 cm³/mol. The van der Waals surface area contributed by atoms with Gasteiger partial charge in [0.05, 0.1) is 0 Å². The summed E-state index contributed by atoms with van der Waals surface area (Å²) in [6.07, 6.45) is 2.54. The van der Waals surface area contributed by atoms with Gasteiger partial charge in [-0.2, -0.15) is 0 Å². The maximum Gasteiger partial charge on any atom is 0.244 e. The second kappa shape index (κ2) is 22.9. The van der Waals surface area contributed by atoms with E-state index in [2.05, 4.69) is 307 Å². The van der Waals surface area contributed by atoms with Crippen LogP contribution in [0.5, 0.6) is 0 Å². The molecule has 0 fully saturated rings. The molecule has 7 rings (SSSR count). The Morgan fingerprint density at radius 2 is 0.556 bits per heavy atom. The fourth-order valence-corrected chi connectivity index (χ4v) is 12.0. The Bertz CT molecular complexity index is 3090. The third kappa shape index (κ3) is 14.5. The number of nitrogens with zero attached hydrogens (tertiary/aromatic N) is 2. The Morgan fingerprint density at radius 3 is 0.840 bits per heavy atom. The summed E-state index contributed by atoms with van der Waals surface area (Å²) in [6.45, 7) is 68.3. The Kier molecular flexibility index (Phi) is 18.5. The first-order chi connectivity index (χ1) is 36.4. The molecular weight excluding hydrogens is 1000 g/mol. The average molecular weight is 1110 g/mol. The van der Waals surface area contributed by atoms with Gasteiger partial charge in [0.25, 0.3) is 0 Å². The zero-order valence-electron chi connectivity index (χ0n) is 56.3. The molecule has 3 heteroatoms. The van der Waals surface area contributed by atoms with E-state index in [1.165, 1.54) is 112 Å². The van der Waals surface area contributed by atoms with E-state index in [0.717, 1.165) is 13.1 Å². The third-order valence-electron chi connectivity index (χ3n) is 18.0. The molecule has 3 unspecified atom stereocenters. The molecule has 81 heavy (non-hydrogen) atoms. The molecule has 1 heterocycles. The standard InChI is InChI=1S/C78H109N2.ClH/c1-48-31-55(37-59(32-48)72(8,9)10)51(4)66-33-49(2)34-67(52(5)56-38-60(73(11,12)13)44-61(39-56)74(14,15)16)70(66)79-29-30-80(47-79)71-68(53(6)57-40-62(75(17,18)19)45-63(41-57)76(20,21)22)35-50(3)36-69(71)54(7)58-42-64(77(23,24)25)46-65(43-58)78(26,27)28;/h31-47,51-54H,29-30H2,1-28H3;1H/q+1;/p-1/t51?,52?,53-,54?;/m0./s1.